The molecule has 0 unspecified atom stereocenters. The molecule has 3 aromatic rings. The van der Waals surface area contributed by atoms with Crippen LogP contribution in [-0.4, -0.2) is 70.4 Å². The average molecular weight is 473 g/mol. The topological polar surface area (TPSA) is 134 Å². The number of nitrogens with zero attached hydrogens (tertiary/aromatic N) is 3. The summed E-state index contributed by atoms with van der Waals surface area (Å²) in [5.41, 5.74) is -0.693. The fraction of sp³-hybridized carbons (Fsp3) is 0.348. The number of carboxylic acid groups (broad SMARTS) is 1. The lowest BCUT2D eigenvalue weighted by atomic mass is 10.1. The summed E-state index contributed by atoms with van der Waals surface area (Å²) in [7, 11) is 2.99. The number of β-amino-alcohol motifs (C(OH)–C–C–N with tert-alkyl or cyclic N) is 1. The maximum Gasteiger partial charge on any atom is 0.341 e. The lowest BCUT2D eigenvalue weighted by Crippen LogP contribution is -2.34. The minimum absolute atomic E-state index is 0.0577. The van der Waals surface area contributed by atoms with Crippen molar-refractivity contribution in [2.24, 2.45) is 0 Å². The number of aliphatic hydroxyl groups is 2. The highest BCUT2D eigenvalue weighted by Gasteiger charge is 2.33. The summed E-state index contributed by atoms with van der Waals surface area (Å²) in [5, 5.41) is 29.0. The molecule has 34 heavy (non-hydrogen) atoms. The predicted octanol–water partition coefficient (Wildman–Crippen LogP) is 1.23. The SMILES string of the molecule is COc1ccc(Cn2cc(C(=O)O)c(=O)c3cc(F)c(N4C[C@H](O)C[C@H]4CO)nc32)c(OC)c1. The highest BCUT2D eigenvalue weighted by molar-refractivity contribution is 5.92. The van der Waals surface area contributed by atoms with Crippen LogP contribution in [0.5, 0.6) is 11.5 Å². The minimum Gasteiger partial charge on any atom is -0.497 e. The molecule has 4 rings (SSSR count). The third-order valence-electron chi connectivity index (χ3n) is 5.92. The van der Waals surface area contributed by atoms with Crippen LogP contribution in [0.15, 0.2) is 35.3 Å². The van der Waals surface area contributed by atoms with Crippen LogP contribution in [0.2, 0.25) is 0 Å². The van der Waals surface area contributed by atoms with Gasteiger partial charge in [-0.25, -0.2) is 14.2 Å². The van der Waals surface area contributed by atoms with Crippen molar-refractivity contribution >= 4 is 22.8 Å². The molecule has 0 amide bonds. The summed E-state index contributed by atoms with van der Waals surface area (Å²) >= 11 is 0. The summed E-state index contributed by atoms with van der Waals surface area (Å²) in [4.78, 5) is 30.3. The predicted molar refractivity (Wildman–Crippen MR) is 120 cm³/mol. The number of aliphatic hydroxyl groups excluding tert-OH is 2. The highest BCUT2D eigenvalue weighted by Crippen LogP contribution is 2.30. The Kier molecular flexibility index (Phi) is 6.40. The molecule has 1 fully saturated rings. The van der Waals surface area contributed by atoms with E-state index < -0.39 is 34.9 Å². The number of ether oxygens (including phenoxy) is 2. The number of aromatic carboxylic acids is 1. The number of pyridine rings is 2. The first-order chi connectivity index (χ1) is 16.3. The molecule has 180 valence electrons. The van der Waals surface area contributed by atoms with E-state index in [2.05, 4.69) is 4.98 Å². The molecule has 0 radical (unpaired) electrons. The monoisotopic (exact) mass is 473 g/mol. The van der Waals surface area contributed by atoms with E-state index in [1.165, 1.54) is 23.7 Å². The van der Waals surface area contributed by atoms with Crippen molar-refractivity contribution in [3.05, 3.63) is 57.6 Å². The van der Waals surface area contributed by atoms with Crippen LogP contribution < -0.4 is 19.8 Å². The Morgan fingerprint density at radius 1 is 1.26 bits per heavy atom. The maximum atomic E-state index is 15.1. The second-order valence-electron chi connectivity index (χ2n) is 8.03. The first kappa shape index (κ1) is 23.5. The second-order valence-corrected chi connectivity index (χ2v) is 8.03. The molecule has 2 atom stereocenters. The van der Waals surface area contributed by atoms with Crippen molar-refractivity contribution < 1.29 is 34.0 Å². The van der Waals surface area contributed by atoms with Gasteiger partial charge >= 0.3 is 5.97 Å². The van der Waals surface area contributed by atoms with Gasteiger partial charge in [-0.05, 0) is 24.6 Å². The van der Waals surface area contributed by atoms with Crippen LogP contribution in [0.25, 0.3) is 11.0 Å². The molecule has 0 spiro atoms. The zero-order valence-corrected chi connectivity index (χ0v) is 18.6. The molecular weight excluding hydrogens is 449 g/mol. The molecular formula is C23H24FN3O7. The van der Waals surface area contributed by atoms with Crippen molar-refractivity contribution in [1.29, 1.82) is 0 Å². The van der Waals surface area contributed by atoms with Gasteiger partial charge < -0.3 is 34.3 Å². The number of methoxy groups -OCH3 is 2. The van der Waals surface area contributed by atoms with E-state index in [-0.39, 0.29) is 43.0 Å². The zero-order chi connectivity index (χ0) is 24.6. The molecule has 0 aliphatic carbocycles. The number of anilines is 1. The minimum atomic E-state index is -1.45. The van der Waals surface area contributed by atoms with Gasteiger partial charge in [0.1, 0.15) is 22.7 Å². The van der Waals surface area contributed by atoms with Crippen molar-refractivity contribution in [2.75, 3.05) is 32.3 Å². The summed E-state index contributed by atoms with van der Waals surface area (Å²) in [6.45, 7) is -0.192. The number of hydrogen-bond donors (Lipinski definition) is 3. The van der Waals surface area contributed by atoms with Crippen LogP contribution in [0.3, 0.4) is 0 Å². The van der Waals surface area contributed by atoms with E-state index in [1.807, 2.05) is 0 Å². The number of halogens is 1. The number of carboxylic acids is 1. The lowest BCUT2D eigenvalue weighted by molar-refractivity contribution is 0.0694. The molecule has 0 bridgehead atoms. The fourth-order valence-electron chi connectivity index (χ4n) is 4.24. The third kappa shape index (κ3) is 4.15. The van der Waals surface area contributed by atoms with E-state index in [9.17, 15) is 24.9 Å². The zero-order valence-electron chi connectivity index (χ0n) is 18.6. The lowest BCUT2D eigenvalue weighted by Gasteiger charge is -2.25. The second kappa shape index (κ2) is 9.27. The molecule has 1 aromatic carbocycles. The number of aromatic nitrogens is 2. The first-order valence-electron chi connectivity index (χ1n) is 10.5. The highest BCUT2D eigenvalue weighted by atomic mass is 19.1. The molecule has 3 N–H and O–H groups in total. The molecule has 11 heteroatoms. The Labute approximate surface area is 193 Å². The number of benzene rings is 1. The number of fused-ring (bicyclic) bond motifs is 1. The van der Waals surface area contributed by atoms with Gasteiger partial charge in [-0.2, -0.15) is 0 Å². The van der Waals surface area contributed by atoms with E-state index in [1.54, 1.807) is 18.2 Å². The van der Waals surface area contributed by atoms with E-state index in [4.69, 9.17) is 9.47 Å². The largest absolute Gasteiger partial charge is 0.497 e. The van der Waals surface area contributed by atoms with Gasteiger partial charge in [-0.1, -0.05) is 0 Å². The van der Waals surface area contributed by atoms with Gasteiger partial charge in [0.15, 0.2) is 11.6 Å². The number of carbonyl (C=O) groups is 1. The van der Waals surface area contributed by atoms with Crippen LogP contribution >= 0.6 is 0 Å². The van der Waals surface area contributed by atoms with Gasteiger partial charge in [0, 0.05) is 24.4 Å². The summed E-state index contributed by atoms with van der Waals surface area (Å²) in [5.74, 6) is -1.42. The maximum absolute atomic E-state index is 15.1. The Morgan fingerprint density at radius 2 is 2.03 bits per heavy atom. The fourth-order valence-corrected chi connectivity index (χ4v) is 4.24. The van der Waals surface area contributed by atoms with E-state index in [0.717, 1.165) is 12.3 Å². The standard InChI is InChI=1S/C23H24FN3O7/c1-33-15-4-3-12(19(6-15)34-2)8-26-10-17(23(31)32)20(30)16-7-18(24)22(25-21(16)26)27-9-14(29)5-13(27)11-28/h3-4,6-7,10,13-14,28-29H,5,8-9,11H2,1-2H3,(H,31,32)/t13-,14+/m0/s1. The van der Waals surface area contributed by atoms with Crippen LogP contribution in [0, 0.1) is 5.82 Å². The molecule has 2 aromatic heterocycles. The van der Waals surface area contributed by atoms with Crippen molar-refractivity contribution in [2.45, 2.75) is 25.1 Å². The Hall–Kier alpha value is -3.70. The molecule has 1 saturated heterocycles. The number of rotatable bonds is 7. The van der Waals surface area contributed by atoms with Crippen LogP contribution in [0.1, 0.15) is 22.3 Å². The van der Waals surface area contributed by atoms with Crippen LogP contribution in [-0.2, 0) is 6.54 Å². The van der Waals surface area contributed by atoms with Crippen molar-refractivity contribution in [1.82, 2.24) is 9.55 Å². The van der Waals surface area contributed by atoms with Gasteiger partial charge in [0.2, 0.25) is 5.43 Å². The normalized spacial score (nSPS) is 17.9. The van der Waals surface area contributed by atoms with E-state index >= 15 is 4.39 Å². The Morgan fingerprint density at radius 3 is 2.68 bits per heavy atom. The quantitative estimate of drug-likeness (QED) is 0.463. The summed E-state index contributed by atoms with van der Waals surface area (Å²) < 4.78 is 27.2. The summed E-state index contributed by atoms with van der Waals surface area (Å²) in [6.07, 6.45) is 0.631. The van der Waals surface area contributed by atoms with Gasteiger partial charge in [0.05, 0.1) is 44.9 Å². The van der Waals surface area contributed by atoms with Crippen molar-refractivity contribution in [3.63, 3.8) is 0 Å². The average Bonchev–Trinajstić information content (AvgIpc) is 3.20. The molecule has 1 aliphatic rings. The van der Waals surface area contributed by atoms with E-state index in [0.29, 0.717) is 17.1 Å². The molecule has 3 heterocycles. The molecule has 1 aliphatic heterocycles. The molecule has 0 saturated carbocycles. The van der Waals surface area contributed by atoms with Crippen molar-refractivity contribution in [3.8, 4) is 11.5 Å². The Bertz CT molecular complexity index is 1310. The van der Waals surface area contributed by atoms with Crippen LogP contribution in [0.4, 0.5) is 10.2 Å². The smallest absolute Gasteiger partial charge is 0.341 e. The summed E-state index contributed by atoms with van der Waals surface area (Å²) in [6, 6.07) is 5.50. The Balaban J connectivity index is 1.92. The van der Waals surface area contributed by atoms with Gasteiger partial charge in [-0.3, -0.25) is 4.79 Å². The number of hydrogen-bond acceptors (Lipinski definition) is 8. The third-order valence-corrected chi connectivity index (χ3v) is 5.92. The first-order valence-corrected chi connectivity index (χ1v) is 10.5. The van der Waals surface area contributed by atoms with Gasteiger partial charge in [0.25, 0.3) is 0 Å². The molecule has 10 nitrogen and oxygen atoms in total. The van der Waals surface area contributed by atoms with Gasteiger partial charge in [-0.15, -0.1) is 0 Å².